The molecule has 1 aliphatic rings. The predicted molar refractivity (Wildman–Crippen MR) is 120 cm³/mol. The average Bonchev–Trinajstić information content (AvgIpc) is 3.31. The Balaban J connectivity index is 1.57. The fourth-order valence-electron chi connectivity index (χ4n) is 3.79. The van der Waals surface area contributed by atoms with Gasteiger partial charge in [-0.25, -0.2) is 4.79 Å². The van der Waals surface area contributed by atoms with Gasteiger partial charge in [0.05, 0.1) is 5.69 Å². The molecule has 0 saturated carbocycles. The summed E-state index contributed by atoms with van der Waals surface area (Å²) in [6.45, 7) is 7.02. The van der Waals surface area contributed by atoms with Gasteiger partial charge in [0.1, 0.15) is 0 Å². The summed E-state index contributed by atoms with van der Waals surface area (Å²) in [6, 6.07) is 7.14. The van der Waals surface area contributed by atoms with E-state index in [0.29, 0.717) is 12.2 Å². The van der Waals surface area contributed by atoms with Crippen molar-refractivity contribution in [3.05, 3.63) is 56.6 Å². The Morgan fingerprint density at radius 2 is 1.85 bits per heavy atom. The van der Waals surface area contributed by atoms with Crippen molar-refractivity contribution in [3.63, 3.8) is 0 Å². The zero-order valence-electron chi connectivity index (χ0n) is 18.8. The summed E-state index contributed by atoms with van der Waals surface area (Å²) in [5.41, 5.74) is 0.115. The molecule has 1 fully saturated rings. The average molecular weight is 454 g/mol. The smallest absolute Gasteiger partial charge is 0.347 e. The molecule has 1 N–H and O–H groups in total. The van der Waals surface area contributed by atoms with Crippen molar-refractivity contribution in [2.24, 2.45) is 0 Å². The summed E-state index contributed by atoms with van der Waals surface area (Å²) in [6.07, 6.45) is 3.60. The van der Waals surface area contributed by atoms with Crippen molar-refractivity contribution < 1.29 is 9.32 Å². The van der Waals surface area contributed by atoms with Gasteiger partial charge in [0.15, 0.2) is 5.69 Å². The molecule has 0 spiro atoms. The third-order valence-corrected chi connectivity index (χ3v) is 5.65. The number of nitrogens with one attached hydrogen (secondary N) is 1. The van der Waals surface area contributed by atoms with Crippen LogP contribution >= 0.6 is 0 Å². The van der Waals surface area contributed by atoms with Crippen molar-refractivity contribution in [1.29, 1.82) is 0 Å². The lowest BCUT2D eigenvalue weighted by molar-refractivity contribution is 0.0903. The van der Waals surface area contributed by atoms with Gasteiger partial charge < -0.3 is 14.7 Å². The molecule has 3 heterocycles. The van der Waals surface area contributed by atoms with Gasteiger partial charge in [0.2, 0.25) is 5.82 Å². The quantitative estimate of drug-likeness (QED) is 0.561. The van der Waals surface area contributed by atoms with E-state index in [2.05, 4.69) is 25.5 Å². The summed E-state index contributed by atoms with van der Waals surface area (Å²) < 4.78 is 7.24. The first-order valence-corrected chi connectivity index (χ1v) is 11.1. The first-order valence-electron chi connectivity index (χ1n) is 11.1. The molecule has 11 heteroatoms. The van der Waals surface area contributed by atoms with Crippen LogP contribution in [0.25, 0.3) is 17.2 Å². The molecule has 0 bridgehead atoms. The Morgan fingerprint density at radius 1 is 1.12 bits per heavy atom. The SMILES string of the molecule is CCn1c(=O)c(-c2noc(C(=O)NCCN3CCCCC3)n2)nn(-c2ccc(C)cc2)c1=O. The van der Waals surface area contributed by atoms with E-state index in [-0.39, 0.29) is 24.0 Å². The topological polar surface area (TPSA) is 128 Å². The second-order valence-electron chi connectivity index (χ2n) is 8.01. The highest BCUT2D eigenvalue weighted by atomic mass is 16.5. The summed E-state index contributed by atoms with van der Waals surface area (Å²) in [4.78, 5) is 44.4. The molecule has 0 aliphatic carbocycles. The van der Waals surface area contributed by atoms with Crippen LogP contribution in [0.2, 0.25) is 0 Å². The third-order valence-electron chi connectivity index (χ3n) is 5.65. The molecular formula is C22H27N7O4. The lowest BCUT2D eigenvalue weighted by atomic mass is 10.1. The number of aryl methyl sites for hydroxylation is 1. The van der Waals surface area contributed by atoms with Crippen molar-refractivity contribution in [2.75, 3.05) is 26.2 Å². The number of hydrogen-bond acceptors (Lipinski definition) is 8. The lowest BCUT2D eigenvalue weighted by Gasteiger charge is -2.26. The third kappa shape index (κ3) is 4.92. The monoisotopic (exact) mass is 453 g/mol. The Morgan fingerprint density at radius 3 is 2.55 bits per heavy atom. The van der Waals surface area contributed by atoms with E-state index in [1.165, 1.54) is 19.3 Å². The molecule has 3 aromatic rings. The molecule has 1 amide bonds. The van der Waals surface area contributed by atoms with E-state index in [0.717, 1.165) is 34.4 Å². The Bertz CT molecular complexity index is 1240. The lowest BCUT2D eigenvalue weighted by Crippen LogP contribution is -2.41. The van der Waals surface area contributed by atoms with E-state index < -0.39 is 17.2 Å². The van der Waals surface area contributed by atoms with Gasteiger partial charge in [0.25, 0.3) is 5.56 Å². The van der Waals surface area contributed by atoms with Gasteiger partial charge in [0, 0.05) is 19.6 Å². The summed E-state index contributed by atoms with van der Waals surface area (Å²) >= 11 is 0. The van der Waals surface area contributed by atoms with Crippen LogP contribution in [0.3, 0.4) is 0 Å². The van der Waals surface area contributed by atoms with E-state index in [1.807, 2.05) is 19.1 Å². The maximum Gasteiger partial charge on any atom is 0.352 e. The van der Waals surface area contributed by atoms with Crippen LogP contribution in [0.1, 0.15) is 42.4 Å². The van der Waals surface area contributed by atoms with Gasteiger partial charge in [-0.2, -0.15) is 14.8 Å². The van der Waals surface area contributed by atoms with Crippen LogP contribution in [0.15, 0.2) is 38.4 Å². The Kier molecular flexibility index (Phi) is 6.78. The number of piperidine rings is 1. The number of nitrogens with zero attached hydrogens (tertiary/aromatic N) is 6. The zero-order chi connectivity index (χ0) is 23.4. The second-order valence-corrected chi connectivity index (χ2v) is 8.01. The second kappa shape index (κ2) is 9.90. The van der Waals surface area contributed by atoms with E-state index >= 15 is 0 Å². The van der Waals surface area contributed by atoms with Crippen LogP contribution in [0.5, 0.6) is 0 Å². The van der Waals surface area contributed by atoms with Gasteiger partial charge in [-0.15, -0.1) is 0 Å². The van der Waals surface area contributed by atoms with Gasteiger partial charge in [-0.3, -0.25) is 14.2 Å². The highest BCUT2D eigenvalue weighted by Gasteiger charge is 2.22. The maximum absolute atomic E-state index is 12.8. The Hall–Kier alpha value is -3.60. The molecule has 33 heavy (non-hydrogen) atoms. The highest BCUT2D eigenvalue weighted by molar-refractivity contribution is 5.89. The molecule has 2 aromatic heterocycles. The fourth-order valence-corrected chi connectivity index (χ4v) is 3.79. The minimum absolute atomic E-state index is 0.140. The minimum atomic E-state index is -0.649. The number of likely N-dealkylation sites (tertiary alicyclic amines) is 1. The van der Waals surface area contributed by atoms with Gasteiger partial charge in [-0.05, 0) is 51.9 Å². The van der Waals surface area contributed by atoms with Crippen LogP contribution in [0.4, 0.5) is 0 Å². The summed E-state index contributed by atoms with van der Waals surface area (Å²) in [5, 5.41) is 10.7. The van der Waals surface area contributed by atoms with Crippen molar-refractivity contribution in [1.82, 2.24) is 34.7 Å². The number of hydrogen-bond donors (Lipinski definition) is 1. The van der Waals surface area contributed by atoms with Gasteiger partial charge in [-0.1, -0.05) is 29.3 Å². The first kappa shape index (κ1) is 22.6. The number of rotatable bonds is 7. The number of amides is 1. The van der Waals surface area contributed by atoms with E-state index in [4.69, 9.17) is 4.52 Å². The zero-order valence-corrected chi connectivity index (χ0v) is 18.8. The van der Waals surface area contributed by atoms with Crippen molar-refractivity contribution >= 4 is 5.91 Å². The van der Waals surface area contributed by atoms with Crippen LogP contribution in [-0.4, -0.2) is 61.5 Å². The predicted octanol–water partition coefficient (Wildman–Crippen LogP) is 0.988. The largest absolute Gasteiger partial charge is 0.352 e. The molecule has 1 aromatic carbocycles. The first-order chi connectivity index (χ1) is 16.0. The molecule has 4 rings (SSSR count). The van der Waals surface area contributed by atoms with Crippen LogP contribution in [-0.2, 0) is 6.54 Å². The molecule has 1 saturated heterocycles. The molecule has 1 aliphatic heterocycles. The highest BCUT2D eigenvalue weighted by Crippen LogP contribution is 2.11. The van der Waals surface area contributed by atoms with Crippen molar-refractivity contribution in [2.45, 2.75) is 39.7 Å². The van der Waals surface area contributed by atoms with Crippen LogP contribution in [0, 0.1) is 6.92 Å². The fraction of sp³-hybridized carbons (Fsp3) is 0.455. The van der Waals surface area contributed by atoms with E-state index in [1.54, 1.807) is 19.1 Å². The number of aromatic nitrogens is 5. The molecule has 0 atom stereocenters. The number of carbonyl (C=O) groups is 1. The molecular weight excluding hydrogens is 426 g/mol. The van der Waals surface area contributed by atoms with E-state index in [9.17, 15) is 14.4 Å². The minimum Gasteiger partial charge on any atom is -0.347 e. The normalized spacial score (nSPS) is 14.4. The number of carbonyl (C=O) groups excluding carboxylic acids is 1. The van der Waals surface area contributed by atoms with Gasteiger partial charge >= 0.3 is 17.5 Å². The molecule has 11 nitrogen and oxygen atoms in total. The molecule has 0 unspecified atom stereocenters. The number of benzene rings is 1. The summed E-state index contributed by atoms with van der Waals surface area (Å²) in [7, 11) is 0. The molecule has 174 valence electrons. The molecule has 0 radical (unpaired) electrons. The standard InChI is InChI=1S/C22H27N7O4/c1-3-28-21(31)17(25-29(22(28)32)16-9-7-15(2)8-10-16)18-24-20(33-26-18)19(30)23-11-14-27-12-5-4-6-13-27/h7-10H,3-6,11-14H2,1-2H3,(H,23,30). The van der Waals surface area contributed by atoms with Crippen LogP contribution < -0.4 is 16.6 Å². The summed E-state index contributed by atoms with van der Waals surface area (Å²) in [5.74, 6) is -0.932. The van der Waals surface area contributed by atoms with Crippen molar-refractivity contribution in [3.8, 4) is 17.2 Å². The Labute approximate surface area is 190 Å². The maximum atomic E-state index is 12.8.